The Bertz CT molecular complexity index is 461. The van der Waals surface area contributed by atoms with Crippen LogP contribution in [-0.2, 0) is 9.47 Å². The number of nitrogens with one attached hydrogen (secondary N) is 1. The first-order valence-corrected chi connectivity index (χ1v) is 7.97. The minimum Gasteiger partial charge on any atom is -0.399 e. The summed E-state index contributed by atoms with van der Waals surface area (Å²) < 4.78 is 12.2. The molecule has 5 N–H and O–H groups in total. The predicted molar refractivity (Wildman–Crippen MR) is 90.8 cm³/mol. The number of anilines is 3. The van der Waals surface area contributed by atoms with E-state index in [1.807, 2.05) is 12.1 Å². The molecule has 2 rings (SSSR count). The molecule has 1 fully saturated rings. The van der Waals surface area contributed by atoms with Gasteiger partial charge in [-0.15, -0.1) is 0 Å². The van der Waals surface area contributed by atoms with Crippen LogP contribution in [0, 0.1) is 0 Å². The molecule has 0 amide bonds. The summed E-state index contributed by atoms with van der Waals surface area (Å²) in [5.41, 5.74) is 13.8. The zero-order valence-corrected chi connectivity index (χ0v) is 13.5. The number of likely N-dealkylation sites (N-methyl/N-ethyl adjacent to an activating group) is 1. The second-order valence-electron chi connectivity index (χ2n) is 6.14. The number of hydrogen-bond donors (Lipinski definition) is 3. The van der Waals surface area contributed by atoms with Crippen LogP contribution >= 0.6 is 0 Å². The Morgan fingerprint density at radius 3 is 2.73 bits per heavy atom. The van der Waals surface area contributed by atoms with Crippen molar-refractivity contribution in [2.24, 2.45) is 0 Å². The minimum atomic E-state index is 0.671. The fraction of sp³-hybridized carbons (Fsp3) is 0.625. The Kier molecular flexibility index (Phi) is 6.30. The molecule has 1 aliphatic heterocycles. The van der Waals surface area contributed by atoms with Crippen LogP contribution in [0.15, 0.2) is 18.2 Å². The van der Waals surface area contributed by atoms with E-state index in [9.17, 15) is 0 Å². The summed E-state index contributed by atoms with van der Waals surface area (Å²) in [6.45, 7) is 7.35. The molecule has 1 saturated heterocycles. The lowest BCUT2D eigenvalue weighted by Gasteiger charge is -2.37. The van der Waals surface area contributed by atoms with Gasteiger partial charge in [0, 0.05) is 18.7 Å². The highest BCUT2D eigenvalue weighted by molar-refractivity contribution is 5.70. The van der Waals surface area contributed by atoms with Gasteiger partial charge >= 0.3 is 0 Å². The van der Waals surface area contributed by atoms with Crippen LogP contribution in [0.4, 0.5) is 17.1 Å². The van der Waals surface area contributed by atoms with Gasteiger partial charge in [-0.3, -0.25) is 0 Å². The molecule has 124 valence electrons. The van der Waals surface area contributed by atoms with Crippen molar-refractivity contribution in [3.8, 4) is 0 Å². The number of nitrogen functional groups attached to an aromatic ring is 2. The highest BCUT2D eigenvalue weighted by Gasteiger charge is 2.24. The standard InChI is InChI=1S/C16H29N4O2/c1-20(7-11-22-12-8-20)6-2-9-21-10-5-19-16-4-3-14(17)13-15(16)18/h3-4,13,19H,2,5-12,17-18H2,1H3/q+1. The van der Waals surface area contributed by atoms with Crippen molar-refractivity contribution in [1.82, 2.24) is 0 Å². The summed E-state index contributed by atoms with van der Waals surface area (Å²) >= 11 is 0. The van der Waals surface area contributed by atoms with Crippen LogP contribution in [0.5, 0.6) is 0 Å². The molecule has 6 heteroatoms. The lowest BCUT2D eigenvalue weighted by atomic mass is 10.2. The predicted octanol–water partition coefficient (Wildman–Crippen LogP) is 1.15. The second kappa shape index (κ2) is 8.22. The molecule has 1 aromatic rings. The first-order chi connectivity index (χ1) is 10.6. The number of hydrogen-bond acceptors (Lipinski definition) is 5. The fourth-order valence-electron chi connectivity index (χ4n) is 2.66. The van der Waals surface area contributed by atoms with E-state index < -0.39 is 0 Å². The van der Waals surface area contributed by atoms with Crippen molar-refractivity contribution in [2.75, 3.05) is 76.4 Å². The van der Waals surface area contributed by atoms with Crippen LogP contribution in [0.25, 0.3) is 0 Å². The Labute approximate surface area is 133 Å². The fourth-order valence-corrected chi connectivity index (χ4v) is 2.66. The SMILES string of the molecule is C[N+]1(CCCOCCNc2ccc(N)cc2N)CCOCC1. The van der Waals surface area contributed by atoms with E-state index in [-0.39, 0.29) is 0 Å². The number of ether oxygens (including phenoxy) is 2. The molecule has 0 aliphatic carbocycles. The van der Waals surface area contributed by atoms with Gasteiger partial charge in [-0.2, -0.15) is 0 Å². The topological polar surface area (TPSA) is 82.5 Å². The van der Waals surface area contributed by atoms with Gasteiger partial charge in [0.1, 0.15) is 13.1 Å². The average Bonchev–Trinajstić information content (AvgIpc) is 2.49. The van der Waals surface area contributed by atoms with Gasteiger partial charge in [0.05, 0.1) is 51.4 Å². The summed E-state index contributed by atoms with van der Waals surface area (Å²) in [7, 11) is 2.30. The van der Waals surface area contributed by atoms with Crippen LogP contribution in [0.1, 0.15) is 6.42 Å². The zero-order valence-electron chi connectivity index (χ0n) is 13.5. The molecular formula is C16H29N4O2+. The van der Waals surface area contributed by atoms with Gasteiger partial charge in [0.2, 0.25) is 0 Å². The van der Waals surface area contributed by atoms with E-state index >= 15 is 0 Å². The Hall–Kier alpha value is -1.50. The molecular weight excluding hydrogens is 280 g/mol. The summed E-state index contributed by atoms with van der Waals surface area (Å²) in [6.07, 6.45) is 1.08. The maximum absolute atomic E-state index is 5.89. The molecule has 22 heavy (non-hydrogen) atoms. The molecule has 0 atom stereocenters. The molecule has 0 unspecified atom stereocenters. The number of rotatable bonds is 8. The van der Waals surface area contributed by atoms with Crippen LogP contribution < -0.4 is 16.8 Å². The van der Waals surface area contributed by atoms with Gasteiger partial charge in [-0.05, 0) is 18.2 Å². The maximum atomic E-state index is 5.89. The first-order valence-electron chi connectivity index (χ1n) is 7.97. The van der Waals surface area contributed by atoms with Gasteiger partial charge in [0.25, 0.3) is 0 Å². The summed E-state index contributed by atoms with van der Waals surface area (Å²) in [5, 5.41) is 3.26. The smallest absolute Gasteiger partial charge is 0.102 e. The molecule has 1 aliphatic rings. The summed E-state index contributed by atoms with van der Waals surface area (Å²) in [4.78, 5) is 0. The monoisotopic (exact) mass is 309 g/mol. The molecule has 0 spiro atoms. The van der Waals surface area contributed by atoms with Crippen molar-refractivity contribution in [3.05, 3.63) is 18.2 Å². The van der Waals surface area contributed by atoms with Crippen molar-refractivity contribution in [1.29, 1.82) is 0 Å². The second-order valence-corrected chi connectivity index (χ2v) is 6.14. The normalized spacial score (nSPS) is 17.3. The lowest BCUT2D eigenvalue weighted by molar-refractivity contribution is -0.917. The Morgan fingerprint density at radius 1 is 1.23 bits per heavy atom. The van der Waals surface area contributed by atoms with Gasteiger partial charge in [0.15, 0.2) is 0 Å². The third-order valence-corrected chi connectivity index (χ3v) is 4.18. The first kappa shape index (κ1) is 16.9. The molecule has 1 aromatic carbocycles. The molecule has 0 saturated carbocycles. The summed E-state index contributed by atoms with van der Waals surface area (Å²) in [6, 6.07) is 5.50. The van der Waals surface area contributed by atoms with E-state index in [1.54, 1.807) is 6.07 Å². The highest BCUT2D eigenvalue weighted by atomic mass is 16.5. The number of nitrogens with zero attached hydrogens (tertiary/aromatic N) is 1. The quantitative estimate of drug-likeness (QED) is 0.381. The third-order valence-electron chi connectivity index (χ3n) is 4.18. The highest BCUT2D eigenvalue weighted by Crippen LogP contribution is 2.20. The molecule has 1 heterocycles. The molecule has 0 radical (unpaired) electrons. The maximum Gasteiger partial charge on any atom is 0.102 e. The van der Waals surface area contributed by atoms with Crippen molar-refractivity contribution in [2.45, 2.75) is 6.42 Å². The van der Waals surface area contributed by atoms with Gasteiger partial charge < -0.3 is 30.7 Å². The van der Waals surface area contributed by atoms with E-state index in [1.165, 1.54) is 0 Å². The molecule has 0 aromatic heterocycles. The van der Waals surface area contributed by atoms with Crippen molar-refractivity contribution >= 4 is 17.1 Å². The largest absolute Gasteiger partial charge is 0.399 e. The van der Waals surface area contributed by atoms with Crippen molar-refractivity contribution in [3.63, 3.8) is 0 Å². The van der Waals surface area contributed by atoms with Crippen LogP contribution in [0.3, 0.4) is 0 Å². The number of benzene rings is 1. The Morgan fingerprint density at radius 2 is 2.00 bits per heavy atom. The Balaban J connectivity index is 1.54. The van der Waals surface area contributed by atoms with E-state index in [2.05, 4.69) is 12.4 Å². The summed E-state index contributed by atoms with van der Waals surface area (Å²) in [5.74, 6) is 0. The van der Waals surface area contributed by atoms with E-state index in [0.29, 0.717) is 18.0 Å². The number of quaternary nitrogens is 1. The minimum absolute atomic E-state index is 0.671. The van der Waals surface area contributed by atoms with Crippen LogP contribution in [0.2, 0.25) is 0 Å². The molecule has 6 nitrogen and oxygen atoms in total. The molecule has 0 bridgehead atoms. The number of nitrogens with two attached hydrogens (primary N) is 2. The van der Waals surface area contributed by atoms with Crippen molar-refractivity contribution < 1.29 is 14.0 Å². The van der Waals surface area contributed by atoms with Crippen LogP contribution in [-0.4, -0.2) is 64.1 Å². The average molecular weight is 309 g/mol. The lowest BCUT2D eigenvalue weighted by Crippen LogP contribution is -2.52. The number of morpholine rings is 1. The third kappa shape index (κ3) is 5.36. The van der Waals surface area contributed by atoms with E-state index in [4.69, 9.17) is 20.9 Å². The van der Waals surface area contributed by atoms with Gasteiger partial charge in [-0.1, -0.05) is 0 Å². The van der Waals surface area contributed by atoms with E-state index in [0.717, 1.165) is 62.6 Å². The zero-order chi connectivity index (χ0) is 15.8. The van der Waals surface area contributed by atoms with Gasteiger partial charge in [-0.25, -0.2) is 0 Å².